The van der Waals surface area contributed by atoms with Gasteiger partial charge < -0.3 is 40.1 Å². The van der Waals surface area contributed by atoms with Gasteiger partial charge in [-0.3, -0.25) is 0 Å². The maximum absolute atomic E-state index is 10.6. The number of carboxylic acid groups (broad SMARTS) is 3. The minimum absolute atomic E-state index is 0.0473. The Balaban J connectivity index is -0.000000123. The van der Waals surface area contributed by atoms with Gasteiger partial charge in [0.25, 0.3) is 0 Å². The van der Waals surface area contributed by atoms with E-state index in [0.29, 0.717) is 5.57 Å². The first-order valence-corrected chi connectivity index (χ1v) is 10.4. The summed E-state index contributed by atoms with van der Waals surface area (Å²) in [5, 5.41) is 48.9. The van der Waals surface area contributed by atoms with Gasteiger partial charge in [-0.25, -0.2) is 24.0 Å². The molecule has 13 heteroatoms. The van der Waals surface area contributed by atoms with Crippen molar-refractivity contribution in [3.8, 4) is 0 Å². The van der Waals surface area contributed by atoms with Crippen LogP contribution in [0.4, 0.5) is 0 Å². The quantitative estimate of drug-likeness (QED) is 0.168. The Bertz CT molecular complexity index is 745. The molecule has 0 radical (unpaired) electrons. The molecule has 0 saturated carbocycles. The molecule has 0 heterocycles. The zero-order chi connectivity index (χ0) is 31.6. The Morgan fingerprint density at radius 3 is 1.05 bits per heavy atom. The van der Waals surface area contributed by atoms with Crippen molar-refractivity contribution in [3.05, 3.63) is 60.8 Å². The van der Waals surface area contributed by atoms with Gasteiger partial charge in [-0.2, -0.15) is 0 Å². The van der Waals surface area contributed by atoms with Crippen molar-refractivity contribution in [2.24, 2.45) is 0 Å². The third-order valence-electron chi connectivity index (χ3n) is 2.73. The van der Waals surface area contributed by atoms with E-state index in [-0.39, 0.29) is 42.1 Å². The standard InChI is InChI=1S/C7H12O4.C6H10O3.3C4H6O2/c1-5(2)7(10)11-4-6(9)3-8;1-5(2)6(8)9-4-3-7;3*1-3(2)4(5)6/h6,8-9H,1,3-4H2,2H3;7H,1,3-4H2,2H3;3*1H2,2H3,(H,5,6). The highest BCUT2D eigenvalue weighted by Gasteiger charge is 2.07. The van der Waals surface area contributed by atoms with Crippen molar-refractivity contribution >= 4 is 29.8 Å². The number of aliphatic hydroxyl groups excluding tert-OH is 3. The second-order valence-electron chi connectivity index (χ2n) is 7.11. The van der Waals surface area contributed by atoms with E-state index >= 15 is 0 Å². The van der Waals surface area contributed by atoms with Crippen molar-refractivity contribution < 1.29 is 64.1 Å². The lowest BCUT2D eigenvalue weighted by Crippen LogP contribution is -2.22. The van der Waals surface area contributed by atoms with Crippen LogP contribution >= 0.6 is 0 Å². The Labute approximate surface area is 222 Å². The van der Waals surface area contributed by atoms with E-state index in [2.05, 4.69) is 42.4 Å². The predicted molar refractivity (Wildman–Crippen MR) is 139 cm³/mol. The van der Waals surface area contributed by atoms with Gasteiger partial charge >= 0.3 is 29.8 Å². The molecule has 1 unspecified atom stereocenters. The van der Waals surface area contributed by atoms with Crippen LogP contribution in [0.2, 0.25) is 0 Å². The number of carboxylic acids is 3. The fraction of sp³-hybridized carbons (Fsp3) is 0.400. The fourth-order valence-corrected chi connectivity index (χ4v) is 0.609. The molecule has 0 fully saturated rings. The van der Waals surface area contributed by atoms with Gasteiger partial charge in [0.05, 0.1) is 13.2 Å². The molecule has 0 spiro atoms. The van der Waals surface area contributed by atoms with Crippen molar-refractivity contribution in [1.82, 2.24) is 0 Å². The van der Waals surface area contributed by atoms with Crippen LogP contribution in [-0.4, -0.2) is 93.0 Å². The van der Waals surface area contributed by atoms with Gasteiger partial charge in [0.1, 0.15) is 19.3 Å². The summed E-state index contributed by atoms with van der Waals surface area (Å²) in [5.74, 6) is -3.82. The summed E-state index contributed by atoms with van der Waals surface area (Å²) >= 11 is 0. The Kier molecular flexibility index (Phi) is 31.8. The normalized spacial score (nSPS) is 9.16. The number of aliphatic hydroxyl groups is 3. The summed E-state index contributed by atoms with van der Waals surface area (Å²) in [4.78, 5) is 49.9. The Morgan fingerprint density at radius 1 is 0.605 bits per heavy atom. The largest absolute Gasteiger partial charge is 0.478 e. The smallest absolute Gasteiger partial charge is 0.333 e. The second-order valence-corrected chi connectivity index (χ2v) is 7.11. The molecular weight excluding hydrogens is 508 g/mol. The van der Waals surface area contributed by atoms with Crippen LogP contribution in [0.3, 0.4) is 0 Å². The van der Waals surface area contributed by atoms with Crippen LogP contribution in [0.15, 0.2) is 60.8 Å². The molecule has 0 aliphatic heterocycles. The molecule has 0 saturated heterocycles. The molecule has 218 valence electrons. The zero-order valence-electron chi connectivity index (χ0n) is 22.5. The van der Waals surface area contributed by atoms with Crippen LogP contribution in [0.1, 0.15) is 34.6 Å². The van der Waals surface area contributed by atoms with Gasteiger partial charge in [0.15, 0.2) is 0 Å². The average molecular weight is 549 g/mol. The summed E-state index contributed by atoms with van der Waals surface area (Å²) in [6, 6.07) is 0. The van der Waals surface area contributed by atoms with Crippen LogP contribution in [0, 0.1) is 0 Å². The minimum Gasteiger partial charge on any atom is -0.478 e. The van der Waals surface area contributed by atoms with E-state index < -0.39 is 42.6 Å². The molecule has 0 aromatic rings. The lowest BCUT2D eigenvalue weighted by Gasteiger charge is -2.07. The van der Waals surface area contributed by atoms with Gasteiger partial charge in [-0.1, -0.05) is 32.9 Å². The topological polar surface area (TPSA) is 225 Å². The molecule has 1 atom stereocenters. The van der Waals surface area contributed by atoms with Gasteiger partial charge in [0.2, 0.25) is 0 Å². The first kappa shape index (κ1) is 44.0. The number of rotatable bonds is 10. The first-order valence-electron chi connectivity index (χ1n) is 10.4. The average Bonchev–Trinajstić information content (AvgIpc) is 2.81. The third-order valence-corrected chi connectivity index (χ3v) is 2.73. The van der Waals surface area contributed by atoms with Crippen LogP contribution in [0.25, 0.3) is 0 Å². The predicted octanol–water partition coefficient (Wildman–Crippen LogP) is 1.50. The van der Waals surface area contributed by atoms with E-state index in [1.54, 1.807) is 6.92 Å². The molecule has 13 nitrogen and oxygen atoms in total. The van der Waals surface area contributed by atoms with Crippen molar-refractivity contribution in [2.75, 3.05) is 26.4 Å². The molecule has 0 amide bonds. The van der Waals surface area contributed by atoms with Gasteiger partial charge in [0, 0.05) is 27.9 Å². The molecule has 0 aromatic heterocycles. The highest BCUT2D eigenvalue weighted by atomic mass is 16.5. The summed E-state index contributed by atoms with van der Waals surface area (Å²) in [7, 11) is 0. The number of ether oxygens (including phenoxy) is 2. The van der Waals surface area contributed by atoms with E-state index in [1.165, 1.54) is 27.7 Å². The molecule has 0 aliphatic carbocycles. The summed E-state index contributed by atoms with van der Waals surface area (Å²) in [6.07, 6.45) is -1.00. The van der Waals surface area contributed by atoms with Gasteiger partial charge in [-0.05, 0) is 34.6 Å². The molecule has 6 N–H and O–H groups in total. The van der Waals surface area contributed by atoms with Crippen molar-refractivity contribution in [2.45, 2.75) is 40.7 Å². The SMILES string of the molecule is C=C(C)C(=O)O.C=C(C)C(=O)O.C=C(C)C(=O)O.C=C(C)C(=O)OCC(O)CO.C=C(C)C(=O)OCCO. The molecule has 38 heavy (non-hydrogen) atoms. The molecule has 0 aliphatic rings. The van der Waals surface area contributed by atoms with Gasteiger partial charge in [-0.15, -0.1) is 0 Å². The van der Waals surface area contributed by atoms with Crippen LogP contribution in [0.5, 0.6) is 0 Å². The number of aliphatic carboxylic acids is 3. The summed E-state index contributed by atoms with van der Waals surface area (Å²) in [5.41, 5.74) is 1.15. The van der Waals surface area contributed by atoms with E-state index in [9.17, 15) is 24.0 Å². The number of carbonyl (C=O) groups excluding carboxylic acids is 2. The lowest BCUT2D eigenvalue weighted by atomic mass is 10.3. The number of esters is 2. The van der Waals surface area contributed by atoms with E-state index in [1.807, 2.05) is 0 Å². The maximum Gasteiger partial charge on any atom is 0.333 e. The van der Waals surface area contributed by atoms with E-state index in [4.69, 9.17) is 30.6 Å². The molecule has 0 bridgehead atoms. The maximum atomic E-state index is 10.6. The monoisotopic (exact) mass is 548 g/mol. The second kappa shape index (κ2) is 27.5. The third kappa shape index (κ3) is 42.1. The number of hydrogen-bond donors (Lipinski definition) is 6. The lowest BCUT2D eigenvalue weighted by molar-refractivity contribution is -0.142. The highest BCUT2D eigenvalue weighted by Crippen LogP contribution is 1.93. The number of hydrogen-bond acceptors (Lipinski definition) is 10. The Hall–Kier alpha value is -4.07. The van der Waals surface area contributed by atoms with Crippen LogP contribution < -0.4 is 0 Å². The highest BCUT2D eigenvalue weighted by molar-refractivity contribution is 5.87. The van der Waals surface area contributed by atoms with Crippen molar-refractivity contribution in [3.63, 3.8) is 0 Å². The summed E-state index contributed by atoms with van der Waals surface area (Å²) in [6.45, 7) is 22.9. The van der Waals surface area contributed by atoms with Crippen molar-refractivity contribution in [1.29, 1.82) is 0 Å². The molecule has 0 aromatic carbocycles. The van der Waals surface area contributed by atoms with E-state index in [0.717, 1.165) is 0 Å². The molecule has 0 rings (SSSR count). The first-order chi connectivity index (χ1) is 17.2. The zero-order valence-corrected chi connectivity index (χ0v) is 22.5. The Morgan fingerprint density at radius 2 is 0.868 bits per heavy atom. The van der Waals surface area contributed by atoms with Crippen LogP contribution in [-0.2, 0) is 33.4 Å². The summed E-state index contributed by atoms with van der Waals surface area (Å²) < 4.78 is 8.97. The number of carbonyl (C=O) groups is 5. The fourth-order valence-electron chi connectivity index (χ4n) is 0.609. The molecular formula is C25H40O13. The minimum atomic E-state index is -1.00.